The van der Waals surface area contributed by atoms with E-state index in [4.69, 9.17) is 4.74 Å². The first kappa shape index (κ1) is 21.2. The van der Waals surface area contributed by atoms with Crippen LogP contribution in [0.2, 0.25) is 0 Å². The number of nitrogens with one attached hydrogen (secondary N) is 1. The summed E-state index contributed by atoms with van der Waals surface area (Å²) in [6, 6.07) is 10.4. The largest absolute Gasteiger partial charge is 0.379 e. The zero-order chi connectivity index (χ0) is 21.6. The molecule has 1 N–H and O–H groups in total. The van der Waals surface area contributed by atoms with Gasteiger partial charge in [0, 0.05) is 37.8 Å². The summed E-state index contributed by atoms with van der Waals surface area (Å²) in [5, 5.41) is 7.16. The van der Waals surface area contributed by atoms with Crippen LogP contribution >= 0.6 is 0 Å². The highest BCUT2D eigenvalue weighted by molar-refractivity contribution is 6.03. The molecule has 3 heterocycles. The number of ketones is 1. The van der Waals surface area contributed by atoms with E-state index in [0.717, 1.165) is 39.3 Å². The quantitative estimate of drug-likeness (QED) is 0.493. The number of ether oxygens (including phenoxy) is 1. The maximum Gasteiger partial charge on any atom is 0.272 e. The molecule has 0 unspecified atom stereocenters. The molecule has 0 atom stereocenters. The van der Waals surface area contributed by atoms with Crippen LogP contribution in [0.1, 0.15) is 37.8 Å². The molecule has 1 aromatic heterocycles. The van der Waals surface area contributed by atoms with Crippen molar-refractivity contribution in [1.29, 1.82) is 0 Å². The van der Waals surface area contributed by atoms with E-state index in [1.165, 1.54) is 11.0 Å². The molecule has 0 spiro atoms. The van der Waals surface area contributed by atoms with Crippen molar-refractivity contribution in [3.05, 3.63) is 53.3 Å². The first-order valence-corrected chi connectivity index (χ1v) is 10.7. The Labute approximate surface area is 180 Å². The van der Waals surface area contributed by atoms with E-state index in [1.54, 1.807) is 28.9 Å². The summed E-state index contributed by atoms with van der Waals surface area (Å²) in [6.07, 6.45) is 0.841. The third kappa shape index (κ3) is 5.18. The van der Waals surface area contributed by atoms with Crippen molar-refractivity contribution in [2.45, 2.75) is 13.0 Å². The van der Waals surface area contributed by atoms with Gasteiger partial charge < -0.3 is 15.0 Å². The van der Waals surface area contributed by atoms with Gasteiger partial charge in [0.2, 0.25) is 0 Å². The Bertz CT molecular complexity index is 937. The molecular formula is C22H27N5O4. The van der Waals surface area contributed by atoms with Gasteiger partial charge in [0.15, 0.2) is 11.5 Å². The summed E-state index contributed by atoms with van der Waals surface area (Å²) in [5.41, 5.74) is 1.14. The van der Waals surface area contributed by atoms with Gasteiger partial charge in [-0.15, -0.1) is 0 Å². The molecule has 0 radical (unpaired) electrons. The smallest absolute Gasteiger partial charge is 0.272 e. The Kier molecular flexibility index (Phi) is 6.73. The van der Waals surface area contributed by atoms with E-state index in [2.05, 4.69) is 15.3 Å². The predicted octanol–water partition coefficient (Wildman–Crippen LogP) is 0.674. The normalized spacial score (nSPS) is 16.8. The number of nitrogens with zero attached hydrogens (tertiary/aromatic N) is 4. The van der Waals surface area contributed by atoms with Crippen molar-refractivity contribution < 1.29 is 19.1 Å². The van der Waals surface area contributed by atoms with Gasteiger partial charge >= 0.3 is 0 Å². The van der Waals surface area contributed by atoms with E-state index < -0.39 is 0 Å². The molecule has 4 rings (SSSR count). The Balaban J connectivity index is 1.30. The lowest BCUT2D eigenvalue weighted by Gasteiger charge is -2.26. The average molecular weight is 425 g/mol. The van der Waals surface area contributed by atoms with E-state index in [1.807, 2.05) is 6.07 Å². The molecule has 2 aliphatic heterocycles. The minimum absolute atomic E-state index is 0.0110. The first-order chi connectivity index (χ1) is 15.1. The minimum atomic E-state index is -0.288. The minimum Gasteiger partial charge on any atom is -0.379 e. The van der Waals surface area contributed by atoms with Crippen LogP contribution in [0.5, 0.6) is 0 Å². The molecule has 1 saturated heterocycles. The molecule has 164 valence electrons. The van der Waals surface area contributed by atoms with Crippen LogP contribution in [-0.2, 0) is 11.3 Å². The molecule has 0 saturated carbocycles. The number of fused-ring (bicyclic) bond motifs is 1. The lowest BCUT2D eigenvalue weighted by atomic mass is 10.1. The van der Waals surface area contributed by atoms with Crippen LogP contribution in [0.3, 0.4) is 0 Å². The highest BCUT2D eigenvalue weighted by Crippen LogP contribution is 2.15. The molecule has 1 aromatic carbocycles. The zero-order valence-corrected chi connectivity index (χ0v) is 17.5. The van der Waals surface area contributed by atoms with Crippen molar-refractivity contribution in [2.75, 3.05) is 52.5 Å². The highest BCUT2D eigenvalue weighted by atomic mass is 16.5. The maximum atomic E-state index is 12.8. The molecular weight excluding hydrogens is 398 g/mol. The first-order valence-electron chi connectivity index (χ1n) is 10.7. The Hall–Kier alpha value is -3.04. The van der Waals surface area contributed by atoms with Crippen molar-refractivity contribution in [3.8, 4) is 0 Å². The number of carbonyl (C=O) groups is 3. The van der Waals surface area contributed by atoms with Crippen LogP contribution in [0.15, 0.2) is 36.4 Å². The van der Waals surface area contributed by atoms with Crippen LogP contribution < -0.4 is 5.32 Å². The molecule has 0 aliphatic carbocycles. The summed E-state index contributed by atoms with van der Waals surface area (Å²) in [6.45, 7) is 5.66. The fourth-order valence-corrected chi connectivity index (χ4v) is 3.81. The fourth-order valence-electron chi connectivity index (χ4n) is 3.81. The van der Waals surface area contributed by atoms with Gasteiger partial charge in [0.25, 0.3) is 11.8 Å². The number of aromatic nitrogens is 2. The summed E-state index contributed by atoms with van der Waals surface area (Å²) in [5.74, 6) is -0.682. The number of rotatable bonds is 8. The van der Waals surface area contributed by atoms with E-state index in [-0.39, 0.29) is 29.8 Å². The Morgan fingerprint density at radius 2 is 1.84 bits per heavy atom. The molecule has 2 aromatic rings. The number of hydrogen-bond donors (Lipinski definition) is 1. The molecule has 9 heteroatoms. The third-order valence-corrected chi connectivity index (χ3v) is 5.57. The highest BCUT2D eigenvalue weighted by Gasteiger charge is 2.29. The number of benzene rings is 1. The topological polar surface area (TPSA) is 96.8 Å². The predicted molar refractivity (Wildman–Crippen MR) is 113 cm³/mol. The lowest BCUT2D eigenvalue weighted by molar-refractivity contribution is 0.0374. The summed E-state index contributed by atoms with van der Waals surface area (Å²) < 4.78 is 6.88. The number of amides is 2. The second kappa shape index (κ2) is 9.84. The van der Waals surface area contributed by atoms with Crippen LogP contribution in [-0.4, -0.2) is 89.7 Å². The molecule has 2 amide bonds. The van der Waals surface area contributed by atoms with Gasteiger partial charge in [-0.05, 0) is 13.0 Å². The summed E-state index contributed by atoms with van der Waals surface area (Å²) >= 11 is 0. The van der Waals surface area contributed by atoms with Crippen LogP contribution in [0.25, 0.3) is 0 Å². The van der Waals surface area contributed by atoms with Crippen LogP contribution in [0.4, 0.5) is 0 Å². The van der Waals surface area contributed by atoms with E-state index in [0.29, 0.717) is 30.9 Å². The zero-order valence-electron chi connectivity index (χ0n) is 17.5. The van der Waals surface area contributed by atoms with Crippen LogP contribution in [0, 0.1) is 0 Å². The van der Waals surface area contributed by atoms with Gasteiger partial charge in [-0.25, -0.2) is 0 Å². The van der Waals surface area contributed by atoms with Crippen molar-refractivity contribution in [2.24, 2.45) is 0 Å². The van der Waals surface area contributed by atoms with Crippen molar-refractivity contribution in [1.82, 2.24) is 24.9 Å². The van der Waals surface area contributed by atoms with Gasteiger partial charge in [0.1, 0.15) is 5.69 Å². The number of morpholine rings is 1. The van der Waals surface area contributed by atoms with E-state index in [9.17, 15) is 14.4 Å². The molecule has 0 bridgehead atoms. The number of hydrogen-bond acceptors (Lipinski definition) is 6. The lowest BCUT2D eigenvalue weighted by Crippen LogP contribution is -2.43. The SMILES string of the molecule is O=C(CN1CCn2nc(C(=O)NCCCN3CCOCC3)cc2C1=O)c1ccccc1. The second-order valence-corrected chi connectivity index (χ2v) is 7.72. The molecule has 1 fully saturated rings. The van der Waals surface area contributed by atoms with Gasteiger partial charge in [-0.3, -0.25) is 24.0 Å². The molecule has 9 nitrogen and oxygen atoms in total. The van der Waals surface area contributed by atoms with E-state index >= 15 is 0 Å². The summed E-state index contributed by atoms with van der Waals surface area (Å²) in [4.78, 5) is 41.6. The van der Waals surface area contributed by atoms with Gasteiger partial charge in [-0.1, -0.05) is 30.3 Å². The summed E-state index contributed by atoms with van der Waals surface area (Å²) in [7, 11) is 0. The van der Waals surface area contributed by atoms with Gasteiger partial charge in [0.05, 0.1) is 26.3 Å². The second-order valence-electron chi connectivity index (χ2n) is 7.72. The molecule has 2 aliphatic rings. The van der Waals surface area contributed by atoms with Crippen molar-refractivity contribution >= 4 is 17.6 Å². The number of Topliss-reactive ketones (excluding diaryl/α,β-unsaturated/α-hetero) is 1. The standard InChI is InChI=1S/C22H27N5O4/c28-20(17-5-2-1-3-6-17)16-26-9-10-27-19(22(26)30)15-18(24-27)21(29)23-7-4-8-25-11-13-31-14-12-25/h1-3,5-6,15H,4,7-14,16H2,(H,23,29). The molecule has 31 heavy (non-hydrogen) atoms. The maximum absolute atomic E-state index is 12.8. The fraction of sp³-hybridized carbons (Fsp3) is 0.455. The Morgan fingerprint density at radius 1 is 1.06 bits per heavy atom. The third-order valence-electron chi connectivity index (χ3n) is 5.57. The van der Waals surface area contributed by atoms with Gasteiger partial charge in [-0.2, -0.15) is 5.10 Å². The van der Waals surface area contributed by atoms with Crippen molar-refractivity contribution in [3.63, 3.8) is 0 Å². The Morgan fingerprint density at radius 3 is 2.61 bits per heavy atom. The average Bonchev–Trinajstić information content (AvgIpc) is 3.25. The number of carbonyl (C=O) groups excluding carboxylic acids is 3. The monoisotopic (exact) mass is 425 g/mol.